The van der Waals surface area contributed by atoms with Crippen molar-refractivity contribution in [2.75, 3.05) is 6.54 Å². The van der Waals surface area contributed by atoms with E-state index in [9.17, 15) is 0 Å². The predicted octanol–water partition coefficient (Wildman–Crippen LogP) is 1.29. The minimum absolute atomic E-state index is 0.374. The van der Waals surface area contributed by atoms with Gasteiger partial charge in [0, 0.05) is 12.0 Å². The maximum absolute atomic E-state index is 5.80. The Bertz CT molecular complexity index is 160. The van der Waals surface area contributed by atoms with Crippen molar-refractivity contribution in [3.63, 3.8) is 0 Å². The van der Waals surface area contributed by atoms with E-state index in [1.807, 2.05) is 0 Å². The van der Waals surface area contributed by atoms with Crippen molar-refractivity contribution in [3.8, 4) is 0 Å². The van der Waals surface area contributed by atoms with Gasteiger partial charge in [0.2, 0.25) is 0 Å². The van der Waals surface area contributed by atoms with Crippen LogP contribution in [0.3, 0.4) is 0 Å². The van der Waals surface area contributed by atoms with Crippen molar-refractivity contribution < 1.29 is 4.74 Å². The number of rotatable bonds is 1. The lowest BCUT2D eigenvalue weighted by Crippen LogP contribution is -2.33. The molecule has 0 spiro atoms. The van der Waals surface area contributed by atoms with Crippen LogP contribution < -0.4 is 5.73 Å². The second-order valence-electron chi connectivity index (χ2n) is 4.10. The van der Waals surface area contributed by atoms with Crippen LogP contribution in [-0.2, 0) is 4.74 Å². The monoisotopic (exact) mass is 155 g/mol. The lowest BCUT2D eigenvalue weighted by Gasteiger charge is -2.24. The van der Waals surface area contributed by atoms with Gasteiger partial charge in [-0.2, -0.15) is 0 Å². The van der Waals surface area contributed by atoms with Gasteiger partial charge in [-0.1, -0.05) is 6.42 Å². The summed E-state index contributed by atoms with van der Waals surface area (Å²) in [6.07, 6.45) is 5.97. The van der Waals surface area contributed by atoms with Crippen molar-refractivity contribution in [1.82, 2.24) is 0 Å². The highest BCUT2D eigenvalue weighted by Gasteiger charge is 2.48. The molecule has 0 aromatic rings. The van der Waals surface area contributed by atoms with Gasteiger partial charge >= 0.3 is 0 Å². The van der Waals surface area contributed by atoms with Gasteiger partial charge in [-0.25, -0.2) is 0 Å². The smallest absolute Gasteiger partial charge is 0.0648 e. The van der Waals surface area contributed by atoms with Crippen LogP contribution in [0.5, 0.6) is 0 Å². The number of fused-ring (bicyclic) bond motifs is 1. The van der Waals surface area contributed by atoms with E-state index in [4.69, 9.17) is 10.5 Å². The highest BCUT2D eigenvalue weighted by atomic mass is 16.5. The molecule has 0 radical (unpaired) electrons. The fourth-order valence-corrected chi connectivity index (χ4v) is 2.77. The summed E-state index contributed by atoms with van der Waals surface area (Å²) in [7, 11) is 0. The maximum atomic E-state index is 5.80. The SMILES string of the molecule is C[C@@H]1C[C@]2(CN)CCC[C@@H]2O1. The van der Waals surface area contributed by atoms with E-state index in [0.29, 0.717) is 17.6 Å². The van der Waals surface area contributed by atoms with Gasteiger partial charge in [-0.05, 0) is 26.2 Å². The molecular formula is C9H17NO. The van der Waals surface area contributed by atoms with Crippen molar-refractivity contribution >= 4 is 0 Å². The Hall–Kier alpha value is -0.0800. The molecule has 64 valence electrons. The zero-order chi connectivity index (χ0) is 7.90. The Kier molecular flexibility index (Phi) is 1.69. The molecule has 2 rings (SSSR count). The molecule has 0 aromatic carbocycles. The molecule has 2 N–H and O–H groups in total. The van der Waals surface area contributed by atoms with Gasteiger partial charge in [-0.3, -0.25) is 0 Å². The topological polar surface area (TPSA) is 35.2 Å². The van der Waals surface area contributed by atoms with Crippen LogP contribution in [0.1, 0.15) is 32.6 Å². The minimum Gasteiger partial charge on any atom is -0.375 e. The van der Waals surface area contributed by atoms with Gasteiger partial charge < -0.3 is 10.5 Å². The van der Waals surface area contributed by atoms with Gasteiger partial charge in [-0.15, -0.1) is 0 Å². The molecule has 2 nitrogen and oxygen atoms in total. The molecule has 2 fully saturated rings. The second kappa shape index (κ2) is 2.46. The average molecular weight is 155 g/mol. The average Bonchev–Trinajstić information content (AvgIpc) is 2.43. The lowest BCUT2D eigenvalue weighted by atomic mass is 9.82. The van der Waals surface area contributed by atoms with Crippen LogP contribution >= 0.6 is 0 Å². The Morgan fingerprint density at radius 2 is 2.45 bits per heavy atom. The third-order valence-corrected chi connectivity index (χ3v) is 3.32. The molecule has 2 aliphatic rings. The molecular weight excluding hydrogens is 138 g/mol. The van der Waals surface area contributed by atoms with Crippen molar-refractivity contribution in [2.45, 2.75) is 44.8 Å². The highest BCUT2D eigenvalue weighted by molar-refractivity contribution is 4.99. The molecule has 2 heteroatoms. The predicted molar refractivity (Wildman–Crippen MR) is 44.3 cm³/mol. The van der Waals surface area contributed by atoms with Crippen LogP contribution in [0.15, 0.2) is 0 Å². The van der Waals surface area contributed by atoms with E-state index >= 15 is 0 Å². The minimum atomic E-state index is 0.374. The third kappa shape index (κ3) is 1.00. The van der Waals surface area contributed by atoms with Crippen LogP contribution in [0, 0.1) is 5.41 Å². The summed E-state index contributed by atoms with van der Waals surface area (Å²) >= 11 is 0. The Morgan fingerprint density at radius 1 is 1.64 bits per heavy atom. The molecule has 0 amide bonds. The Morgan fingerprint density at radius 3 is 3.09 bits per heavy atom. The largest absolute Gasteiger partial charge is 0.375 e. The zero-order valence-corrected chi connectivity index (χ0v) is 7.18. The first-order valence-corrected chi connectivity index (χ1v) is 4.62. The summed E-state index contributed by atoms with van der Waals surface area (Å²) in [5, 5.41) is 0. The van der Waals surface area contributed by atoms with Crippen LogP contribution in [-0.4, -0.2) is 18.8 Å². The fraction of sp³-hybridized carbons (Fsp3) is 1.00. The Labute approximate surface area is 68.1 Å². The summed E-state index contributed by atoms with van der Waals surface area (Å²) in [6, 6.07) is 0. The molecule has 0 bridgehead atoms. The summed E-state index contributed by atoms with van der Waals surface area (Å²) < 4.78 is 5.80. The quantitative estimate of drug-likeness (QED) is 0.619. The van der Waals surface area contributed by atoms with Crippen molar-refractivity contribution in [3.05, 3.63) is 0 Å². The molecule has 0 unspecified atom stereocenters. The first-order valence-electron chi connectivity index (χ1n) is 4.62. The third-order valence-electron chi connectivity index (χ3n) is 3.32. The van der Waals surface area contributed by atoms with Crippen LogP contribution in [0.4, 0.5) is 0 Å². The first-order chi connectivity index (χ1) is 5.27. The summed E-state index contributed by atoms with van der Waals surface area (Å²) in [5.74, 6) is 0. The standard InChI is InChI=1S/C9H17NO/c1-7-5-9(6-10)4-2-3-8(9)11-7/h7-8H,2-6,10H2,1H3/t7-,8+,9+/m1/s1. The molecule has 3 atom stereocenters. The lowest BCUT2D eigenvalue weighted by molar-refractivity contribution is 0.0349. The maximum Gasteiger partial charge on any atom is 0.0648 e. The molecule has 1 aliphatic carbocycles. The summed E-state index contributed by atoms with van der Waals surface area (Å²) in [4.78, 5) is 0. The zero-order valence-electron chi connectivity index (χ0n) is 7.18. The van der Waals surface area contributed by atoms with E-state index in [0.717, 1.165) is 6.54 Å². The van der Waals surface area contributed by atoms with Crippen LogP contribution in [0.25, 0.3) is 0 Å². The van der Waals surface area contributed by atoms with Gasteiger partial charge in [0.15, 0.2) is 0 Å². The summed E-state index contributed by atoms with van der Waals surface area (Å²) in [5.41, 5.74) is 6.17. The highest BCUT2D eigenvalue weighted by Crippen LogP contribution is 2.48. The number of nitrogens with two attached hydrogens (primary N) is 1. The Balaban J connectivity index is 2.15. The van der Waals surface area contributed by atoms with E-state index in [1.54, 1.807) is 0 Å². The second-order valence-corrected chi connectivity index (χ2v) is 4.10. The number of hydrogen-bond donors (Lipinski definition) is 1. The van der Waals surface area contributed by atoms with E-state index in [1.165, 1.54) is 25.7 Å². The molecule has 1 heterocycles. The normalized spacial score (nSPS) is 49.6. The van der Waals surface area contributed by atoms with E-state index < -0.39 is 0 Å². The number of ether oxygens (including phenoxy) is 1. The first kappa shape index (κ1) is 7.56. The van der Waals surface area contributed by atoms with Gasteiger partial charge in [0.05, 0.1) is 12.2 Å². The summed E-state index contributed by atoms with van der Waals surface area (Å²) in [6.45, 7) is 2.98. The van der Waals surface area contributed by atoms with E-state index in [-0.39, 0.29) is 0 Å². The molecule has 0 aromatic heterocycles. The van der Waals surface area contributed by atoms with Crippen LogP contribution in [0.2, 0.25) is 0 Å². The van der Waals surface area contributed by atoms with Crippen molar-refractivity contribution in [2.24, 2.45) is 11.1 Å². The molecule has 11 heavy (non-hydrogen) atoms. The van der Waals surface area contributed by atoms with Gasteiger partial charge in [0.25, 0.3) is 0 Å². The molecule has 1 saturated carbocycles. The fourth-order valence-electron chi connectivity index (χ4n) is 2.77. The van der Waals surface area contributed by atoms with Crippen molar-refractivity contribution in [1.29, 1.82) is 0 Å². The van der Waals surface area contributed by atoms with Gasteiger partial charge in [0.1, 0.15) is 0 Å². The molecule has 1 aliphatic heterocycles. The van der Waals surface area contributed by atoms with E-state index in [2.05, 4.69) is 6.92 Å². The molecule has 1 saturated heterocycles. The number of hydrogen-bond acceptors (Lipinski definition) is 2.